The van der Waals surface area contributed by atoms with Crippen LogP contribution in [0.25, 0.3) is 0 Å². The number of benzene rings is 1. The monoisotopic (exact) mass is 261 g/mol. The number of carbonyl (C=O) groups excluding carboxylic acids is 1. The molecule has 4 heteroatoms. The van der Waals surface area contributed by atoms with Gasteiger partial charge in [-0.1, -0.05) is 29.8 Å². The lowest BCUT2D eigenvalue weighted by Gasteiger charge is -2.18. The molecule has 1 aliphatic heterocycles. The predicted octanol–water partition coefficient (Wildman–Crippen LogP) is 2.01. The summed E-state index contributed by atoms with van der Waals surface area (Å²) in [6.07, 6.45) is 0.997. The summed E-state index contributed by atoms with van der Waals surface area (Å²) < 4.78 is 0. The molecule has 1 aromatic rings. The predicted molar refractivity (Wildman–Crippen MR) is 77.2 cm³/mol. The van der Waals surface area contributed by atoms with Crippen molar-refractivity contribution in [2.45, 2.75) is 19.4 Å². The second kappa shape index (κ2) is 6.06. The molecule has 1 N–H and O–H groups in total. The molecule has 0 saturated carbocycles. The van der Waals surface area contributed by atoms with Crippen LogP contribution in [0, 0.1) is 6.92 Å². The largest absolute Gasteiger partial charge is 0.322 e. The molecule has 0 aliphatic carbocycles. The molecule has 0 spiro atoms. The Kier molecular flexibility index (Phi) is 4.43. The zero-order valence-electron chi connectivity index (χ0n) is 12.0. The van der Waals surface area contributed by atoms with Gasteiger partial charge in [0.25, 0.3) is 0 Å². The maximum Gasteiger partial charge on any atom is 0.320 e. The number of carbonyl (C=O) groups is 1. The molecule has 0 aromatic heterocycles. The third kappa shape index (κ3) is 3.07. The molecule has 19 heavy (non-hydrogen) atoms. The van der Waals surface area contributed by atoms with Crippen LogP contribution < -0.4 is 5.32 Å². The highest BCUT2D eigenvalue weighted by atomic mass is 16.2. The van der Waals surface area contributed by atoms with Crippen molar-refractivity contribution in [3.8, 4) is 0 Å². The Morgan fingerprint density at radius 1 is 1.32 bits per heavy atom. The second-order valence-corrected chi connectivity index (χ2v) is 5.22. The van der Waals surface area contributed by atoms with Crippen LogP contribution >= 0.6 is 0 Å². The molecule has 4 nitrogen and oxygen atoms in total. The lowest BCUT2D eigenvalue weighted by atomic mass is 10.1. The highest BCUT2D eigenvalue weighted by molar-refractivity contribution is 5.77. The first-order valence-electron chi connectivity index (χ1n) is 6.86. The number of nitrogens with one attached hydrogen (secondary N) is 1. The lowest BCUT2D eigenvalue weighted by molar-refractivity contribution is 0.195. The fraction of sp³-hybridized carbons (Fsp3) is 0.533. The molecule has 2 rings (SSSR count). The van der Waals surface area contributed by atoms with E-state index in [2.05, 4.69) is 36.5 Å². The second-order valence-electron chi connectivity index (χ2n) is 5.22. The molecule has 1 atom stereocenters. The zero-order chi connectivity index (χ0) is 13.8. The number of nitrogens with zero attached hydrogens (tertiary/aromatic N) is 2. The average molecular weight is 261 g/mol. The van der Waals surface area contributed by atoms with Gasteiger partial charge in [0.05, 0.1) is 6.04 Å². The van der Waals surface area contributed by atoms with Crippen LogP contribution in [0.1, 0.15) is 23.6 Å². The summed E-state index contributed by atoms with van der Waals surface area (Å²) >= 11 is 0. The molecule has 0 bridgehead atoms. The highest BCUT2D eigenvalue weighted by Gasteiger charge is 2.34. The Bertz CT molecular complexity index is 430. The van der Waals surface area contributed by atoms with Gasteiger partial charge in [0.15, 0.2) is 0 Å². The van der Waals surface area contributed by atoms with Gasteiger partial charge in [0.1, 0.15) is 0 Å². The summed E-state index contributed by atoms with van der Waals surface area (Å²) in [4.78, 5) is 16.0. The summed E-state index contributed by atoms with van der Waals surface area (Å²) in [6.45, 7) is 4.65. The number of urea groups is 1. The van der Waals surface area contributed by atoms with Crippen LogP contribution in [0.2, 0.25) is 0 Å². The first-order chi connectivity index (χ1) is 9.13. The molecule has 1 heterocycles. The molecule has 104 valence electrons. The third-order valence-corrected chi connectivity index (χ3v) is 3.75. The summed E-state index contributed by atoms with van der Waals surface area (Å²) in [5.41, 5.74) is 2.47. The van der Waals surface area contributed by atoms with Crippen molar-refractivity contribution in [1.82, 2.24) is 15.1 Å². The minimum atomic E-state index is 0.140. The van der Waals surface area contributed by atoms with E-state index >= 15 is 0 Å². The summed E-state index contributed by atoms with van der Waals surface area (Å²) in [7, 11) is 3.83. The molecule has 2 amide bonds. The number of amides is 2. The Labute approximate surface area is 115 Å². The van der Waals surface area contributed by atoms with E-state index in [0.29, 0.717) is 0 Å². The van der Waals surface area contributed by atoms with Crippen molar-refractivity contribution in [3.63, 3.8) is 0 Å². The van der Waals surface area contributed by atoms with Crippen molar-refractivity contribution >= 4 is 6.03 Å². The minimum Gasteiger partial charge on any atom is -0.322 e. The van der Waals surface area contributed by atoms with E-state index in [-0.39, 0.29) is 12.1 Å². The number of likely N-dealkylation sites (N-methyl/N-ethyl adjacent to an activating group) is 1. The fourth-order valence-corrected chi connectivity index (χ4v) is 2.52. The smallest absolute Gasteiger partial charge is 0.320 e. The third-order valence-electron chi connectivity index (χ3n) is 3.75. The van der Waals surface area contributed by atoms with Gasteiger partial charge < -0.3 is 15.1 Å². The van der Waals surface area contributed by atoms with Crippen LogP contribution in [0.15, 0.2) is 24.3 Å². The van der Waals surface area contributed by atoms with Crippen molar-refractivity contribution in [2.75, 3.05) is 33.7 Å². The highest BCUT2D eigenvalue weighted by Crippen LogP contribution is 2.28. The van der Waals surface area contributed by atoms with Gasteiger partial charge in [-0.05, 0) is 32.5 Å². The first kappa shape index (κ1) is 13.9. The van der Waals surface area contributed by atoms with Gasteiger partial charge in [0, 0.05) is 20.1 Å². The van der Waals surface area contributed by atoms with Crippen LogP contribution in [0.4, 0.5) is 4.79 Å². The van der Waals surface area contributed by atoms with E-state index in [9.17, 15) is 4.79 Å². The number of hydrogen-bond acceptors (Lipinski definition) is 2. The number of rotatable bonds is 5. The molecule has 1 aliphatic rings. The maximum atomic E-state index is 12.2. The Balaban J connectivity index is 2.03. The van der Waals surface area contributed by atoms with Crippen molar-refractivity contribution in [2.24, 2.45) is 0 Å². The van der Waals surface area contributed by atoms with E-state index in [1.54, 1.807) is 0 Å². The summed E-state index contributed by atoms with van der Waals surface area (Å²) in [6, 6.07) is 8.79. The molecule has 1 unspecified atom stereocenters. The van der Waals surface area contributed by atoms with Gasteiger partial charge in [-0.15, -0.1) is 0 Å². The first-order valence-corrected chi connectivity index (χ1v) is 6.86. The summed E-state index contributed by atoms with van der Waals surface area (Å²) in [5, 5.41) is 3.12. The van der Waals surface area contributed by atoms with E-state index in [1.807, 2.05) is 23.9 Å². The van der Waals surface area contributed by atoms with E-state index in [0.717, 1.165) is 26.1 Å². The molecule has 0 radical (unpaired) electrons. The molecule has 1 aromatic carbocycles. The lowest BCUT2D eigenvalue weighted by Crippen LogP contribution is -2.31. The minimum absolute atomic E-state index is 0.140. The zero-order valence-corrected chi connectivity index (χ0v) is 12.0. The van der Waals surface area contributed by atoms with Crippen LogP contribution in [0.5, 0.6) is 0 Å². The van der Waals surface area contributed by atoms with Gasteiger partial charge in [-0.2, -0.15) is 0 Å². The Hall–Kier alpha value is -1.55. The number of hydrogen-bond donors (Lipinski definition) is 1. The van der Waals surface area contributed by atoms with Crippen molar-refractivity contribution < 1.29 is 4.79 Å². The van der Waals surface area contributed by atoms with Crippen LogP contribution in [-0.2, 0) is 0 Å². The van der Waals surface area contributed by atoms with Gasteiger partial charge in [-0.25, -0.2) is 4.79 Å². The molecule has 1 fully saturated rings. The van der Waals surface area contributed by atoms with Gasteiger partial charge in [-0.3, -0.25) is 0 Å². The van der Waals surface area contributed by atoms with E-state index in [1.165, 1.54) is 11.1 Å². The van der Waals surface area contributed by atoms with Gasteiger partial charge in [0.2, 0.25) is 0 Å². The quantitative estimate of drug-likeness (QED) is 0.823. The van der Waals surface area contributed by atoms with E-state index < -0.39 is 0 Å². The Morgan fingerprint density at radius 3 is 2.63 bits per heavy atom. The molecular weight excluding hydrogens is 238 g/mol. The van der Waals surface area contributed by atoms with Gasteiger partial charge >= 0.3 is 6.03 Å². The summed E-state index contributed by atoms with van der Waals surface area (Å²) in [5.74, 6) is 0. The Morgan fingerprint density at radius 2 is 2.00 bits per heavy atom. The van der Waals surface area contributed by atoms with Crippen LogP contribution in [-0.4, -0.2) is 49.6 Å². The molecular formula is C15H23N3O. The SMILES string of the molecule is CNCCCN1CC(c2ccc(C)cc2)N(C)C1=O. The molecule has 1 saturated heterocycles. The van der Waals surface area contributed by atoms with Crippen molar-refractivity contribution in [3.05, 3.63) is 35.4 Å². The van der Waals surface area contributed by atoms with Crippen molar-refractivity contribution in [1.29, 1.82) is 0 Å². The number of aryl methyl sites for hydroxylation is 1. The maximum absolute atomic E-state index is 12.2. The van der Waals surface area contributed by atoms with E-state index in [4.69, 9.17) is 0 Å². The van der Waals surface area contributed by atoms with Crippen LogP contribution in [0.3, 0.4) is 0 Å². The standard InChI is InChI=1S/C15H23N3O/c1-12-5-7-13(8-6-12)14-11-18(10-4-9-16-2)15(19)17(14)3/h5-8,14,16H,4,9-11H2,1-3H3. The average Bonchev–Trinajstić information content (AvgIpc) is 2.69. The normalized spacial score (nSPS) is 19.3. The fourth-order valence-electron chi connectivity index (χ4n) is 2.52. The topological polar surface area (TPSA) is 35.6 Å².